The van der Waals surface area contributed by atoms with Crippen LogP contribution in [0, 0.1) is 0 Å². The van der Waals surface area contributed by atoms with Crippen LogP contribution < -0.4 is 10.6 Å². The van der Waals surface area contributed by atoms with Crippen LogP contribution in [0.25, 0.3) is 0 Å². The molecule has 0 bridgehead atoms. The van der Waals surface area contributed by atoms with E-state index in [4.69, 9.17) is 4.74 Å². The molecular weight excluding hydrogens is 341 g/mol. The lowest BCUT2D eigenvalue weighted by atomic mass is 10.2. The second-order valence-electron chi connectivity index (χ2n) is 6.14. The number of hydrogen-bond donors (Lipinski definition) is 2. The number of nitrogens with one attached hydrogen (secondary N) is 2. The molecule has 0 aromatic rings. The molecular formula is C15H25F3N4O3. The first-order valence-electron chi connectivity index (χ1n) is 8.51. The highest BCUT2D eigenvalue weighted by Gasteiger charge is 2.43. The highest BCUT2D eigenvalue weighted by molar-refractivity contribution is 5.83. The smallest absolute Gasteiger partial charge is 0.378 e. The van der Waals surface area contributed by atoms with E-state index in [0.29, 0.717) is 39.4 Å². The number of carbonyl (C=O) groups excluding carboxylic acids is 2. The van der Waals surface area contributed by atoms with Gasteiger partial charge in [-0.15, -0.1) is 0 Å². The molecule has 1 atom stereocenters. The zero-order valence-corrected chi connectivity index (χ0v) is 14.1. The van der Waals surface area contributed by atoms with Crippen LogP contribution in [0.2, 0.25) is 0 Å². The second-order valence-corrected chi connectivity index (χ2v) is 6.14. The molecule has 0 aliphatic carbocycles. The normalized spacial score (nSPS) is 21.0. The van der Waals surface area contributed by atoms with Crippen molar-refractivity contribution in [2.45, 2.75) is 25.1 Å². The molecule has 0 spiro atoms. The number of nitrogens with zero attached hydrogens (tertiary/aromatic N) is 2. The molecule has 2 aliphatic rings. The minimum Gasteiger partial charge on any atom is -0.378 e. The number of rotatable bonds is 6. The maximum Gasteiger partial charge on any atom is 0.405 e. The third kappa shape index (κ3) is 6.44. The molecule has 10 heteroatoms. The summed E-state index contributed by atoms with van der Waals surface area (Å²) in [6.07, 6.45) is -4.52. The SMILES string of the molecule is O=C(CCC(=O)N1CCOCC1)NCC(N1CCNCC1)C(F)(F)F. The van der Waals surface area contributed by atoms with Crippen molar-refractivity contribution in [1.82, 2.24) is 20.4 Å². The summed E-state index contributed by atoms with van der Waals surface area (Å²) in [7, 11) is 0. The van der Waals surface area contributed by atoms with E-state index in [2.05, 4.69) is 10.6 Å². The van der Waals surface area contributed by atoms with Crippen molar-refractivity contribution in [2.75, 3.05) is 59.0 Å². The summed E-state index contributed by atoms with van der Waals surface area (Å²) in [5, 5.41) is 5.33. The van der Waals surface area contributed by atoms with E-state index in [1.54, 1.807) is 4.90 Å². The Morgan fingerprint density at radius 3 is 2.32 bits per heavy atom. The first-order chi connectivity index (χ1) is 11.9. The number of carbonyl (C=O) groups is 2. The molecule has 2 saturated heterocycles. The fraction of sp³-hybridized carbons (Fsp3) is 0.867. The Balaban J connectivity index is 1.75. The molecule has 0 aromatic carbocycles. The molecule has 2 fully saturated rings. The minimum absolute atomic E-state index is 0.00382. The maximum absolute atomic E-state index is 13.2. The van der Waals surface area contributed by atoms with Crippen LogP contribution in [0.4, 0.5) is 13.2 Å². The zero-order chi connectivity index (χ0) is 18.3. The lowest BCUT2D eigenvalue weighted by molar-refractivity contribution is -0.184. The fourth-order valence-corrected chi connectivity index (χ4v) is 2.94. The average molecular weight is 366 g/mol. The van der Waals surface area contributed by atoms with Gasteiger partial charge in [-0.1, -0.05) is 0 Å². The quantitative estimate of drug-likeness (QED) is 0.668. The van der Waals surface area contributed by atoms with Crippen molar-refractivity contribution < 1.29 is 27.5 Å². The highest BCUT2D eigenvalue weighted by atomic mass is 19.4. The van der Waals surface area contributed by atoms with Crippen molar-refractivity contribution in [3.05, 3.63) is 0 Å². The molecule has 144 valence electrons. The lowest BCUT2D eigenvalue weighted by Crippen LogP contribution is -2.57. The molecule has 0 saturated carbocycles. The van der Waals surface area contributed by atoms with Crippen molar-refractivity contribution in [2.24, 2.45) is 0 Å². The van der Waals surface area contributed by atoms with E-state index in [0.717, 1.165) is 0 Å². The van der Waals surface area contributed by atoms with Crippen molar-refractivity contribution in [1.29, 1.82) is 0 Å². The van der Waals surface area contributed by atoms with Gasteiger partial charge < -0.3 is 20.3 Å². The Hall–Kier alpha value is -1.39. The summed E-state index contributed by atoms with van der Waals surface area (Å²) in [6, 6.07) is -1.70. The van der Waals surface area contributed by atoms with Gasteiger partial charge in [0.25, 0.3) is 0 Å². The van der Waals surface area contributed by atoms with Gasteiger partial charge in [-0.25, -0.2) is 0 Å². The van der Waals surface area contributed by atoms with Crippen LogP contribution >= 0.6 is 0 Å². The third-order valence-corrected chi connectivity index (χ3v) is 4.39. The van der Waals surface area contributed by atoms with Crippen molar-refractivity contribution in [3.63, 3.8) is 0 Å². The number of alkyl halides is 3. The van der Waals surface area contributed by atoms with E-state index in [-0.39, 0.29) is 31.8 Å². The maximum atomic E-state index is 13.2. The Morgan fingerprint density at radius 1 is 1.08 bits per heavy atom. The van der Waals surface area contributed by atoms with Crippen LogP contribution in [0.5, 0.6) is 0 Å². The van der Waals surface area contributed by atoms with Crippen LogP contribution in [-0.2, 0) is 14.3 Å². The molecule has 2 rings (SSSR count). The monoisotopic (exact) mass is 366 g/mol. The number of morpholine rings is 1. The summed E-state index contributed by atoms with van der Waals surface area (Å²) in [4.78, 5) is 26.7. The van der Waals surface area contributed by atoms with E-state index < -0.39 is 24.7 Å². The molecule has 7 nitrogen and oxygen atoms in total. The molecule has 25 heavy (non-hydrogen) atoms. The number of ether oxygens (including phenoxy) is 1. The van der Waals surface area contributed by atoms with Crippen LogP contribution in [0.1, 0.15) is 12.8 Å². The molecule has 0 radical (unpaired) electrons. The van der Waals surface area contributed by atoms with Crippen LogP contribution in [0.3, 0.4) is 0 Å². The lowest BCUT2D eigenvalue weighted by Gasteiger charge is -2.35. The predicted molar refractivity (Wildman–Crippen MR) is 83.9 cm³/mol. The molecule has 2 amide bonds. The number of hydrogen-bond acceptors (Lipinski definition) is 5. The van der Waals surface area contributed by atoms with Gasteiger partial charge in [0.1, 0.15) is 6.04 Å². The summed E-state index contributed by atoms with van der Waals surface area (Å²) >= 11 is 0. The third-order valence-electron chi connectivity index (χ3n) is 4.39. The van der Waals surface area contributed by atoms with Crippen LogP contribution in [-0.4, -0.2) is 92.9 Å². The summed E-state index contributed by atoms with van der Waals surface area (Å²) in [5.41, 5.74) is 0. The molecule has 2 heterocycles. The summed E-state index contributed by atoms with van der Waals surface area (Å²) < 4.78 is 44.8. The fourth-order valence-electron chi connectivity index (χ4n) is 2.94. The minimum atomic E-state index is -4.41. The number of amides is 2. The zero-order valence-electron chi connectivity index (χ0n) is 14.1. The van der Waals surface area contributed by atoms with Gasteiger partial charge in [0, 0.05) is 58.7 Å². The molecule has 2 aliphatic heterocycles. The Kier molecular flexibility index (Phi) is 7.45. The van der Waals surface area contributed by atoms with Gasteiger partial charge in [0.2, 0.25) is 11.8 Å². The Labute approximate surface area is 144 Å². The van der Waals surface area contributed by atoms with E-state index in [1.807, 2.05) is 0 Å². The van der Waals surface area contributed by atoms with Crippen molar-refractivity contribution in [3.8, 4) is 0 Å². The standard InChI is InChI=1S/C15H25F3N4O3/c16-15(17,18)12(21-5-3-19-4-6-21)11-20-13(23)1-2-14(24)22-7-9-25-10-8-22/h12,19H,1-11H2,(H,20,23). The first kappa shape index (κ1) is 19.9. The van der Waals surface area contributed by atoms with Gasteiger partial charge in [0.05, 0.1) is 13.2 Å². The van der Waals surface area contributed by atoms with Gasteiger partial charge in [-0.2, -0.15) is 13.2 Å². The first-order valence-corrected chi connectivity index (χ1v) is 8.51. The van der Waals surface area contributed by atoms with E-state index in [9.17, 15) is 22.8 Å². The molecule has 0 aromatic heterocycles. The second kappa shape index (κ2) is 9.35. The summed E-state index contributed by atoms with van der Waals surface area (Å²) in [6.45, 7) is 2.98. The van der Waals surface area contributed by atoms with Crippen molar-refractivity contribution >= 4 is 11.8 Å². The van der Waals surface area contributed by atoms with Gasteiger partial charge >= 0.3 is 6.18 Å². The van der Waals surface area contributed by atoms with Gasteiger partial charge in [-0.3, -0.25) is 14.5 Å². The Morgan fingerprint density at radius 2 is 1.72 bits per heavy atom. The van der Waals surface area contributed by atoms with E-state index in [1.165, 1.54) is 4.90 Å². The average Bonchev–Trinajstić information content (AvgIpc) is 2.60. The highest BCUT2D eigenvalue weighted by Crippen LogP contribution is 2.24. The van der Waals surface area contributed by atoms with Crippen LogP contribution in [0.15, 0.2) is 0 Å². The topological polar surface area (TPSA) is 73.9 Å². The predicted octanol–water partition coefficient (Wildman–Crippen LogP) is -0.422. The number of halogens is 3. The summed E-state index contributed by atoms with van der Waals surface area (Å²) in [5.74, 6) is -0.709. The van der Waals surface area contributed by atoms with Gasteiger partial charge in [-0.05, 0) is 0 Å². The number of piperazine rings is 1. The molecule has 1 unspecified atom stereocenters. The largest absolute Gasteiger partial charge is 0.405 e. The van der Waals surface area contributed by atoms with Gasteiger partial charge in [0.15, 0.2) is 0 Å². The molecule has 2 N–H and O–H groups in total. The Bertz CT molecular complexity index is 450. The van der Waals surface area contributed by atoms with E-state index >= 15 is 0 Å².